The third kappa shape index (κ3) is 3.98. The summed E-state index contributed by atoms with van der Waals surface area (Å²) < 4.78 is 12.7. The lowest BCUT2D eigenvalue weighted by Gasteiger charge is -2.10. The monoisotopic (exact) mass is 238 g/mol. The van der Waals surface area contributed by atoms with Crippen LogP contribution in [0.5, 0.6) is 0 Å². The molecule has 17 heavy (non-hydrogen) atoms. The molecule has 1 unspecified atom stereocenters. The first-order valence-corrected chi connectivity index (χ1v) is 5.54. The van der Waals surface area contributed by atoms with E-state index in [0.717, 1.165) is 0 Å². The van der Waals surface area contributed by atoms with Gasteiger partial charge in [0, 0.05) is 6.42 Å². The van der Waals surface area contributed by atoms with E-state index in [2.05, 4.69) is 0 Å². The van der Waals surface area contributed by atoms with E-state index >= 15 is 0 Å². The van der Waals surface area contributed by atoms with Gasteiger partial charge in [0.1, 0.15) is 17.5 Å². The number of hydrogen-bond acceptors (Lipinski definition) is 2. The molecule has 0 heterocycles. The Balaban J connectivity index is 2.76. The maximum absolute atomic E-state index is 12.7. The summed E-state index contributed by atoms with van der Waals surface area (Å²) in [6, 6.07) is 5.53. The second-order valence-electron chi connectivity index (χ2n) is 3.94. The molecule has 1 aromatic rings. The lowest BCUT2D eigenvalue weighted by atomic mass is 9.93. The number of rotatable bonds is 6. The molecule has 0 aliphatic rings. The first kappa shape index (κ1) is 13.4. The molecule has 0 spiro atoms. The predicted molar refractivity (Wildman–Crippen MR) is 61.1 cm³/mol. The molecule has 0 aliphatic heterocycles. The molecule has 1 N–H and O–H groups in total. The second kappa shape index (κ2) is 6.13. The number of benzene rings is 1. The van der Waals surface area contributed by atoms with Crippen LogP contribution in [-0.4, -0.2) is 16.9 Å². The van der Waals surface area contributed by atoms with Gasteiger partial charge in [-0.2, -0.15) is 0 Å². The van der Waals surface area contributed by atoms with Crippen molar-refractivity contribution in [3.63, 3.8) is 0 Å². The molecule has 3 nitrogen and oxygen atoms in total. The van der Waals surface area contributed by atoms with Crippen molar-refractivity contribution in [2.45, 2.75) is 26.2 Å². The first-order valence-electron chi connectivity index (χ1n) is 5.54. The highest BCUT2D eigenvalue weighted by atomic mass is 19.1. The zero-order valence-corrected chi connectivity index (χ0v) is 9.65. The van der Waals surface area contributed by atoms with Crippen molar-refractivity contribution in [3.05, 3.63) is 35.6 Å². The fraction of sp³-hybridized carbons (Fsp3) is 0.385. The third-order valence-electron chi connectivity index (χ3n) is 2.54. The summed E-state index contributed by atoms with van der Waals surface area (Å²) in [7, 11) is 0. The van der Waals surface area contributed by atoms with Gasteiger partial charge in [-0.05, 0) is 30.5 Å². The SMILES string of the molecule is CCCC(=O)C(Cc1ccc(F)cc1)C(=O)O. The summed E-state index contributed by atoms with van der Waals surface area (Å²) in [5.74, 6) is -2.79. The van der Waals surface area contributed by atoms with Gasteiger partial charge in [0.2, 0.25) is 0 Å². The van der Waals surface area contributed by atoms with Gasteiger partial charge in [0.15, 0.2) is 0 Å². The van der Waals surface area contributed by atoms with Crippen LogP contribution >= 0.6 is 0 Å². The second-order valence-corrected chi connectivity index (χ2v) is 3.94. The van der Waals surface area contributed by atoms with E-state index in [1.807, 2.05) is 6.92 Å². The van der Waals surface area contributed by atoms with E-state index in [-0.39, 0.29) is 24.4 Å². The zero-order valence-electron chi connectivity index (χ0n) is 9.65. The van der Waals surface area contributed by atoms with Crippen molar-refractivity contribution in [2.75, 3.05) is 0 Å². The highest BCUT2D eigenvalue weighted by molar-refractivity contribution is 5.98. The topological polar surface area (TPSA) is 54.4 Å². The summed E-state index contributed by atoms with van der Waals surface area (Å²) >= 11 is 0. The molecule has 0 fully saturated rings. The van der Waals surface area contributed by atoms with Gasteiger partial charge in [-0.3, -0.25) is 9.59 Å². The molecule has 1 aromatic carbocycles. The lowest BCUT2D eigenvalue weighted by Crippen LogP contribution is -2.25. The van der Waals surface area contributed by atoms with Crippen LogP contribution in [0.1, 0.15) is 25.3 Å². The standard InChI is InChI=1S/C13H15FO3/c1-2-3-12(15)11(13(16)17)8-9-4-6-10(14)7-5-9/h4-7,11H,2-3,8H2,1H3,(H,16,17). The fourth-order valence-electron chi connectivity index (χ4n) is 1.62. The number of hydrogen-bond donors (Lipinski definition) is 1. The number of ketones is 1. The van der Waals surface area contributed by atoms with Crippen LogP contribution in [0.2, 0.25) is 0 Å². The summed E-state index contributed by atoms with van der Waals surface area (Å²) in [4.78, 5) is 22.6. The normalized spacial score (nSPS) is 12.1. The fourth-order valence-corrected chi connectivity index (χ4v) is 1.62. The van der Waals surface area contributed by atoms with E-state index in [1.165, 1.54) is 24.3 Å². The Morgan fingerprint density at radius 3 is 2.35 bits per heavy atom. The lowest BCUT2D eigenvalue weighted by molar-refractivity contribution is -0.146. The molecule has 0 bridgehead atoms. The van der Waals surface area contributed by atoms with Crippen LogP contribution in [0.4, 0.5) is 4.39 Å². The molecule has 0 aliphatic carbocycles. The third-order valence-corrected chi connectivity index (χ3v) is 2.54. The maximum Gasteiger partial charge on any atom is 0.314 e. The van der Waals surface area contributed by atoms with Gasteiger partial charge in [0.25, 0.3) is 0 Å². The Morgan fingerprint density at radius 1 is 1.29 bits per heavy atom. The van der Waals surface area contributed by atoms with Crippen LogP contribution < -0.4 is 0 Å². The Labute approximate surface area is 99.3 Å². The van der Waals surface area contributed by atoms with Crippen molar-refractivity contribution in [3.8, 4) is 0 Å². The van der Waals surface area contributed by atoms with Crippen molar-refractivity contribution >= 4 is 11.8 Å². The largest absolute Gasteiger partial charge is 0.481 e. The molecule has 0 radical (unpaired) electrons. The molecular formula is C13H15FO3. The van der Waals surface area contributed by atoms with Crippen LogP contribution in [0.25, 0.3) is 0 Å². The molecular weight excluding hydrogens is 223 g/mol. The van der Waals surface area contributed by atoms with Gasteiger partial charge in [0.05, 0.1) is 0 Å². The van der Waals surface area contributed by atoms with Crippen molar-refractivity contribution < 1.29 is 19.1 Å². The molecule has 0 saturated carbocycles. The molecule has 0 aromatic heterocycles. The number of halogens is 1. The Morgan fingerprint density at radius 2 is 1.88 bits per heavy atom. The van der Waals surface area contributed by atoms with E-state index in [4.69, 9.17) is 5.11 Å². The maximum atomic E-state index is 12.7. The number of Topliss-reactive ketones (excluding diaryl/α,β-unsaturated/α-hetero) is 1. The van der Waals surface area contributed by atoms with Gasteiger partial charge in [-0.1, -0.05) is 19.1 Å². The van der Waals surface area contributed by atoms with Crippen LogP contribution in [0.3, 0.4) is 0 Å². The summed E-state index contributed by atoms with van der Waals surface area (Å²) in [6.45, 7) is 1.83. The Hall–Kier alpha value is -1.71. The molecule has 0 saturated heterocycles. The number of carbonyl (C=O) groups excluding carboxylic acids is 1. The first-order chi connectivity index (χ1) is 8.04. The highest BCUT2D eigenvalue weighted by Gasteiger charge is 2.25. The number of carbonyl (C=O) groups is 2. The number of carboxylic acid groups (broad SMARTS) is 1. The summed E-state index contributed by atoms with van der Waals surface area (Å²) in [5.41, 5.74) is 0.656. The molecule has 4 heteroatoms. The smallest absolute Gasteiger partial charge is 0.314 e. The minimum absolute atomic E-state index is 0.119. The molecule has 92 valence electrons. The van der Waals surface area contributed by atoms with Crippen molar-refractivity contribution in [1.29, 1.82) is 0 Å². The van der Waals surface area contributed by atoms with Crippen LogP contribution in [0, 0.1) is 11.7 Å². The average molecular weight is 238 g/mol. The van der Waals surface area contributed by atoms with E-state index in [0.29, 0.717) is 12.0 Å². The van der Waals surface area contributed by atoms with Crippen LogP contribution in [-0.2, 0) is 16.0 Å². The zero-order chi connectivity index (χ0) is 12.8. The number of aliphatic carboxylic acids is 1. The quantitative estimate of drug-likeness (QED) is 0.774. The van der Waals surface area contributed by atoms with Crippen molar-refractivity contribution in [2.24, 2.45) is 5.92 Å². The van der Waals surface area contributed by atoms with E-state index in [1.54, 1.807) is 0 Å². The minimum atomic E-state index is -1.12. The Kier molecular flexibility index (Phi) is 4.82. The molecule has 1 atom stereocenters. The van der Waals surface area contributed by atoms with E-state index < -0.39 is 11.9 Å². The Bertz CT molecular complexity index is 398. The molecule has 1 rings (SSSR count). The highest BCUT2D eigenvalue weighted by Crippen LogP contribution is 2.13. The van der Waals surface area contributed by atoms with Crippen LogP contribution in [0.15, 0.2) is 24.3 Å². The van der Waals surface area contributed by atoms with Gasteiger partial charge in [-0.25, -0.2) is 4.39 Å². The average Bonchev–Trinajstić information content (AvgIpc) is 2.28. The van der Waals surface area contributed by atoms with E-state index in [9.17, 15) is 14.0 Å². The summed E-state index contributed by atoms with van der Waals surface area (Å²) in [6.07, 6.45) is 1.01. The number of carboxylic acids is 1. The van der Waals surface area contributed by atoms with Crippen molar-refractivity contribution in [1.82, 2.24) is 0 Å². The van der Waals surface area contributed by atoms with Gasteiger partial charge < -0.3 is 5.11 Å². The minimum Gasteiger partial charge on any atom is -0.481 e. The molecule has 0 amide bonds. The summed E-state index contributed by atoms with van der Waals surface area (Å²) in [5, 5.41) is 8.99. The van der Waals surface area contributed by atoms with Gasteiger partial charge in [-0.15, -0.1) is 0 Å². The predicted octanol–water partition coefficient (Wildman–Crippen LogP) is 2.44. The van der Waals surface area contributed by atoms with Gasteiger partial charge >= 0.3 is 5.97 Å².